The summed E-state index contributed by atoms with van der Waals surface area (Å²) in [5.41, 5.74) is 0.586. The number of rotatable bonds is 5. The second-order valence-electron chi connectivity index (χ2n) is 5.21. The van der Waals surface area contributed by atoms with Gasteiger partial charge in [0.25, 0.3) is 0 Å². The molecule has 1 heterocycles. The van der Waals surface area contributed by atoms with Gasteiger partial charge >= 0.3 is 0 Å². The highest BCUT2D eigenvalue weighted by Gasteiger charge is 2.28. The van der Waals surface area contributed by atoms with Crippen molar-refractivity contribution in [3.05, 3.63) is 23.8 Å². The van der Waals surface area contributed by atoms with Crippen molar-refractivity contribution in [1.82, 2.24) is 4.90 Å². The molecule has 1 atom stereocenters. The Morgan fingerprint density at radius 1 is 1.24 bits per heavy atom. The molecule has 0 radical (unpaired) electrons. The van der Waals surface area contributed by atoms with E-state index in [1.54, 1.807) is 44.2 Å². The highest BCUT2D eigenvalue weighted by atomic mass is 16.5. The molecule has 0 N–H and O–H groups in total. The van der Waals surface area contributed by atoms with E-state index in [-0.39, 0.29) is 17.7 Å². The summed E-state index contributed by atoms with van der Waals surface area (Å²) in [7, 11) is 3.10. The minimum absolute atomic E-state index is 0.0168. The number of benzene rings is 1. The van der Waals surface area contributed by atoms with E-state index < -0.39 is 0 Å². The number of Topliss-reactive ketones (excluding diaryl/α,β-unsaturated/α-hetero) is 1. The minimum Gasteiger partial charge on any atom is -0.493 e. The van der Waals surface area contributed by atoms with E-state index in [1.165, 1.54) is 0 Å². The van der Waals surface area contributed by atoms with Crippen molar-refractivity contribution < 1.29 is 19.1 Å². The summed E-state index contributed by atoms with van der Waals surface area (Å²) >= 11 is 0. The van der Waals surface area contributed by atoms with Crippen LogP contribution in [-0.2, 0) is 4.79 Å². The molecule has 21 heavy (non-hydrogen) atoms. The van der Waals surface area contributed by atoms with E-state index in [4.69, 9.17) is 9.47 Å². The summed E-state index contributed by atoms with van der Waals surface area (Å²) in [5, 5.41) is 0. The number of carbonyl (C=O) groups is 2. The first-order valence-corrected chi connectivity index (χ1v) is 7.09. The highest BCUT2D eigenvalue weighted by molar-refractivity contribution is 5.97. The zero-order valence-corrected chi connectivity index (χ0v) is 12.7. The quantitative estimate of drug-likeness (QED) is 0.781. The third-order valence-electron chi connectivity index (χ3n) is 3.91. The van der Waals surface area contributed by atoms with Crippen LogP contribution in [0.1, 0.15) is 36.5 Å². The van der Waals surface area contributed by atoms with Gasteiger partial charge in [-0.2, -0.15) is 0 Å². The fourth-order valence-electron chi connectivity index (χ4n) is 2.80. The molecule has 1 aromatic rings. The van der Waals surface area contributed by atoms with Crippen LogP contribution >= 0.6 is 0 Å². The lowest BCUT2D eigenvalue weighted by molar-refractivity contribution is -0.129. The van der Waals surface area contributed by atoms with Crippen molar-refractivity contribution in [2.24, 2.45) is 0 Å². The minimum atomic E-state index is 0.0168. The van der Waals surface area contributed by atoms with Crippen molar-refractivity contribution in [3.63, 3.8) is 0 Å². The summed E-state index contributed by atoms with van der Waals surface area (Å²) in [5.74, 6) is 1.20. The van der Waals surface area contributed by atoms with Gasteiger partial charge in [0, 0.05) is 31.5 Å². The van der Waals surface area contributed by atoms with Gasteiger partial charge in [-0.3, -0.25) is 9.59 Å². The Labute approximate surface area is 124 Å². The Kier molecular flexibility index (Phi) is 4.83. The van der Waals surface area contributed by atoms with Crippen LogP contribution in [0.25, 0.3) is 0 Å². The summed E-state index contributed by atoms with van der Waals surface area (Å²) in [6.07, 6.45) is 2.21. The Morgan fingerprint density at radius 3 is 2.57 bits per heavy atom. The second kappa shape index (κ2) is 6.61. The van der Waals surface area contributed by atoms with Crippen LogP contribution in [0.3, 0.4) is 0 Å². The molecule has 5 nitrogen and oxygen atoms in total. The summed E-state index contributed by atoms with van der Waals surface area (Å²) in [6.45, 7) is 2.30. The van der Waals surface area contributed by atoms with Crippen molar-refractivity contribution in [2.75, 3.05) is 20.8 Å². The van der Waals surface area contributed by atoms with Crippen molar-refractivity contribution in [1.29, 1.82) is 0 Å². The second-order valence-corrected chi connectivity index (χ2v) is 5.21. The van der Waals surface area contributed by atoms with Crippen LogP contribution in [0.4, 0.5) is 0 Å². The molecule has 1 saturated heterocycles. The molecule has 114 valence electrons. The molecule has 1 fully saturated rings. The summed E-state index contributed by atoms with van der Waals surface area (Å²) < 4.78 is 10.4. The molecular formula is C16H21NO4. The topological polar surface area (TPSA) is 55.8 Å². The SMILES string of the molecule is COc1ccc(C(=O)C[C@@H]2CCCN2C(C)=O)cc1OC. The van der Waals surface area contributed by atoms with Gasteiger partial charge in [0.1, 0.15) is 0 Å². The molecule has 1 aliphatic rings. The number of carbonyl (C=O) groups excluding carboxylic acids is 2. The fraction of sp³-hybridized carbons (Fsp3) is 0.500. The molecule has 0 aliphatic carbocycles. The zero-order valence-electron chi connectivity index (χ0n) is 12.7. The number of methoxy groups -OCH3 is 2. The average Bonchev–Trinajstić information content (AvgIpc) is 2.94. The molecular weight excluding hydrogens is 270 g/mol. The molecule has 0 spiro atoms. The maximum atomic E-state index is 12.4. The number of ether oxygens (including phenoxy) is 2. The lowest BCUT2D eigenvalue weighted by Crippen LogP contribution is -2.35. The zero-order chi connectivity index (χ0) is 15.4. The van der Waals surface area contributed by atoms with E-state index in [1.807, 2.05) is 0 Å². The normalized spacial score (nSPS) is 17.7. The Hall–Kier alpha value is -2.04. The van der Waals surface area contributed by atoms with E-state index in [0.29, 0.717) is 23.5 Å². The lowest BCUT2D eigenvalue weighted by atomic mass is 10.0. The largest absolute Gasteiger partial charge is 0.493 e. The van der Waals surface area contributed by atoms with Crippen LogP contribution in [0.2, 0.25) is 0 Å². The maximum Gasteiger partial charge on any atom is 0.219 e. The lowest BCUT2D eigenvalue weighted by Gasteiger charge is -2.22. The first-order valence-electron chi connectivity index (χ1n) is 7.09. The molecule has 5 heteroatoms. The molecule has 0 aromatic heterocycles. The molecule has 2 rings (SSSR count). The van der Waals surface area contributed by atoms with Crippen molar-refractivity contribution in [2.45, 2.75) is 32.2 Å². The van der Waals surface area contributed by atoms with Gasteiger partial charge in [-0.15, -0.1) is 0 Å². The predicted octanol–water partition coefficient (Wildman–Crippen LogP) is 2.29. The smallest absolute Gasteiger partial charge is 0.219 e. The molecule has 0 bridgehead atoms. The Bertz CT molecular complexity index is 541. The number of amides is 1. The van der Waals surface area contributed by atoms with Crippen LogP contribution in [0.5, 0.6) is 11.5 Å². The molecule has 0 unspecified atom stereocenters. The molecule has 1 aliphatic heterocycles. The van der Waals surface area contributed by atoms with Gasteiger partial charge in [0.15, 0.2) is 17.3 Å². The van der Waals surface area contributed by atoms with Crippen molar-refractivity contribution in [3.8, 4) is 11.5 Å². The molecule has 1 aromatic carbocycles. The number of ketones is 1. The molecule has 0 saturated carbocycles. The maximum absolute atomic E-state index is 12.4. The van der Waals surface area contributed by atoms with Gasteiger partial charge in [0.05, 0.1) is 14.2 Å². The van der Waals surface area contributed by atoms with E-state index in [2.05, 4.69) is 0 Å². The standard InChI is InChI=1S/C16H21NO4/c1-11(18)17-8-4-5-13(17)10-14(19)12-6-7-15(20-2)16(9-12)21-3/h6-7,9,13H,4-5,8,10H2,1-3H3/t13-/m0/s1. The van der Waals surface area contributed by atoms with Crippen LogP contribution in [0, 0.1) is 0 Å². The first kappa shape index (κ1) is 15.4. The third kappa shape index (κ3) is 3.35. The van der Waals surface area contributed by atoms with Crippen LogP contribution in [0.15, 0.2) is 18.2 Å². The van der Waals surface area contributed by atoms with Gasteiger partial charge in [-0.05, 0) is 31.0 Å². The number of hydrogen-bond donors (Lipinski definition) is 0. The summed E-state index contributed by atoms with van der Waals surface area (Å²) in [6, 6.07) is 5.16. The van der Waals surface area contributed by atoms with Gasteiger partial charge in [0.2, 0.25) is 5.91 Å². The Balaban J connectivity index is 2.11. The predicted molar refractivity (Wildman–Crippen MR) is 78.9 cm³/mol. The fourth-order valence-corrected chi connectivity index (χ4v) is 2.80. The van der Waals surface area contributed by atoms with Crippen LogP contribution in [-0.4, -0.2) is 43.4 Å². The highest BCUT2D eigenvalue weighted by Crippen LogP contribution is 2.29. The van der Waals surface area contributed by atoms with Crippen LogP contribution < -0.4 is 9.47 Å². The van der Waals surface area contributed by atoms with Gasteiger partial charge in [-0.25, -0.2) is 0 Å². The third-order valence-corrected chi connectivity index (χ3v) is 3.91. The molecule has 1 amide bonds. The van der Waals surface area contributed by atoms with Crippen molar-refractivity contribution >= 4 is 11.7 Å². The van der Waals surface area contributed by atoms with Gasteiger partial charge in [-0.1, -0.05) is 0 Å². The first-order chi connectivity index (χ1) is 10.1. The number of nitrogens with zero attached hydrogens (tertiary/aromatic N) is 1. The average molecular weight is 291 g/mol. The Morgan fingerprint density at radius 2 is 1.95 bits per heavy atom. The number of likely N-dealkylation sites (tertiary alicyclic amines) is 1. The number of hydrogen-bond acceptors (Lipinski definition) is 4. The van der Waals surface area contributed by atoms with E-state index >= 15 is 0 Å². The summed E-state index contributed by atoms with van der Waals surface area (Å²) in [4.78, 5) is 25.7. The van der Waals surface area contributed by atoms with E-state index in [9.17, 15) is 9.59 Å². The van der Waals surface area contributed by atoms with E-state index in [0.717, 1.165) is 19.4 Å². The van der Waals surface area contributed by atoms with Gasteiger partial charge < -0.3 is 14.4 Å². The monoisotopic (exact) mass is 291 g/mol.